The molecule has 2 heterocycles. The van der Waals surface area contributed by atoms with Crippen molar-refractivity contribution in [2.75, 3.05) is 18.0 Å². The van der Waals surface area contributed by atoms with Crippen LogP contribution in [0, 0.1) is 0 Å². The molecule has 1 unspecified atom stereocenters. The maximum atomic E-state index is 5.72. The summed E-state index contributed by atoms with van der Waals surface area (Å²) >= 11 is 0. The van der Waals surface area contributed by atoms with Crippen LogP contribution < -0.4 is 4.90 Å². The molecule has 2 aliphatic rings. The van der Waals surface area contributed by atoms with Crippen LogP contribution in [0.5, 0.6) is 0 Å². The third-order valence-electron chi connectivity index (χ3n) is 4.94. The van der Waals surface area contributed by atoms with Crippen LogP contribution in [-0.4, -0.2) is 18.2 Å². The topological polar surface area (TPSA) is 29.3 Å². The Bertz CT molecular complexity index is 599. The third kappa shape index (κ3) is 2.45. The molecule has 0 spiro atoms. The number of hydrogen-bond acceptors (Lipinski definition) is 3. The molecular weight excluding hydrogens is 260 g/mol. The van der Waals surface area contributed by atoms with Gasteiger partial charge in [-0.05, 0) is 50.0 Å². The van der Waals surface area contributed by atoms with Gasteiger partial charge in [0.05, 0.1) is 5.69 Å². The summed E-state index contributed by atoms with van der Waals surface area (Å²) in [5.41, 5.74) is 4.02. The van der Waals surface area contributed by atoms with E-state index in [9.17, 15) is 0 Å². The highest BCUT2D eigenvalue weighted by Gasteiger charge is 2.29. The Morgan fingerprint density at radius 2 is 1.86 bits per heavy atom. The predicted molar refractivity (Wildman–Crippen MR) is 83.8 cm³/mol. The molecule has 3 heteroatoms. The summed E-state index contributed by atoms with van der Waals surface area (Å²) in [6.07, 6.45) is 7.21. The van der Waals surface area contributed by atoms with Crippen molar-refractivity contribution in [3.8, 4) is 0 Å². The van der Waals surface area contributed by atoms with Crippen LogP contribution in [-0.2, 0) is 12.8 Å². The summed E-state index contributed by atoms with van der Waals surface area (Å²) < 4.78 is 5.72. The zero-order valence-electron chi connectivity index (χ0n) is 12.4. The van der Waals surface area contributed by atoms with E-state index in [1.165, 1.54) is 42.5 Å². The van der Waals surface area contributed by atoms with Crippen molar-refractivity contribution in [1.29, 1.82) is 0 Å². The average Bonchev–Trinajstić information content (AvgIpc) is 2.99. The molecule has 1 fully saturated rings. The van der Waals surface area contributed by atoms with E-state index >= 15 is 0 Å². The summed E-state index contributed by atoms with van der Waals surface area (Å²) in [6.45, 7) is 2.25. The van der Waals surface area contributed by atoms with Gasteiger partial charge in [0.15, 0.2) is 0 Å². The molecule has 21 heavy (non-hydrogen) atoms. The Morgan fingerprint density at radius 1 is 1.05 bits per heavy atom. The van der Waals surface area contributed by atoms with Gasteiger partial charge in [0.2, 0.25) is 5.88 Å². The minimum absolute atomic E-state index is 0.613. The molecule has 0 saturated carbocycles. The zero-order chi connectivity index (χ0) is 14.1. The van der Waals surface area contributed by atoms with Crippen molar-refractivity contribution < 1.29 is 4.52 Å². The van der Waals surface area contributed by atoms with Crippen molar-refractivity contribution in [3.05, 3.63) is 47.2 Å². The SMILES string of the molecule is c1ccc(C2CCc3noc(N4CCCCC4)c3C2)cc1. The van der Waals surface area contributed by atoms with E-state index in [-0.39, 0.29) is 0 Å². The maximum Gasteiger partial charge on any atom is 0.230 e. The molecule has 0 amide bonds. The van der Waals surface area contributed by atoms with E-state index in [0.717, 1.165) is 31.8 Å². The fourth-order valence-corrected chi connectivity index (χ4v) is 3.75. The number of piperidine rings is 1. The molecule has 1 aliphatic carbocycles. The van der Waals surface area contributed by atoms with Gasteiger partial charge in [-0.15, -0.1) is 0 Å². The number of aromatic nitrogens is 1. The van der Waals surface area contributed by atoms with Crippen LogP contribution in [0.15, 0.2) is 34.9 Å². The number of anilines is 1. The highest BCUT2D eigenvalue weighted by molar-refractivity contribution is 5.49. The third-order valence-corrected chi connectivity index (χ3v) is 4.94. The normalized spacial score (nSPS) is 22.1. The van der Waals surface area contributed by atoms with Gasteiger partial charge >= 0.3 is 0 Å². The molecule has 1 aromatic carbocycles. The second-order valence-corrected chi connectivity index (χ2v) is 6.31. The van der Waals surface area contributed by atoms with Crippen LogP contribution >= 0.6 is 0 Å². The second kappa shape index (κ2) is 5.55. The molecule has 1 aliphatic heterocycles. The minimum atomic E-state index is 0.613. The van der Waals surface area contributed by atoms with Crippen molar-refractivity contribution in [2.24, 2.45) is 0 Å². The number of fused-ring (bicyclic) bond motifs is 1. The van der Waals surface area contributed by atoms with Crippen molar-refractivity contribution in [1.82, 2.24) is 5.16 Å². The minimum Gasteiger partial charge on any atom is -0.340 e. The van der Waals surface area contributed by atoms with E-state index < -0.39 is 0 Å². The number of nitrogens with zero attached hydrogens (tertiary/aromatic N) is 2. The molecule has 1 aromatic heterocycles. The summed E-state index contributed by atoms with van der Waals surface area (Å²) in [7, 11) is 0. The van der Waals surface area contributed by atoms with Crippen LogP contribution in [0.3, 0.4) is 0 Å². The van der Waals surface area contributed by atoms with Crippen LogP contribution in [0.4, 0.5) is 5.88 Å². The van der Waals surface area contributed by atoms with Crippen molar-refractivity contribution >= 4 is 5.88 Å². The van der Waals surface area contributed by atoms with Gasteiger partial charge in [0, 0.05) is 18.7 Å². The molecule has 3 nitrogen and oxygen atoms in total. The van der Waals surface area contributed by atoms with Crippen molar-refractivity contribution in [2.45, 2.75) is 44.4 Å². The fourth-order valence-electron chi connectivity index (χ4n) is 3.75. The largest absolute Gasteiger partial charge is 0.340 e. The Morgan fingerprint density at radius 3 is 2.67 bits per heavy atom. The maximum absolute atomic E-state index is 5.72. The van der Waals surface area contributed by atoms with Gasteiger partial charge in [-0.25, -0.2) is 0 Å². The van der Waals surface area contributed by atoms with E-state index in [2.05, 4.69) is 40.4 Å². The lowest BCUT2D eigenvalue weighted by Gasteiger charge is -2.28. The lowest BCUT2D eigenvalue weighted by Crippen LogP contribution is -2.30. The van der Waals surface area contributed by atoms with Gasteiger partial charge in [-0.1, -0.05) is 35.5 Å². The van der Waals surface area contributed by atoms with Crippen molar-refractivity contribution in [3.63, 3.8) is 0 Å². The second-order valence-electron chi connectivity index (χ2n) is 6.31. The number of rotatable bonds is 2. The molecular formula is C18H22N2O. The highest BCUT2D eigenvalue weighted by Crippen LogP contribution is 2.38. The fraction of sp³-hybridized carbons (Fsp3) is 0.500. The number of benzene rings is 1. The van der Waals surface area contributed by atoms with Gasteiger partial charge in [0.1, 0.15) is 0 Å². The molecule has 1 saturated heterocycles. The Hall–Kier alpha value is -1.77. The Labute approximate surface area is 125 Å². The highest BCUT2D eigenvalue weighted by atomic mass is 16.5. The summed E-state index contributed by atoms with van der Waals surface area (Å²) in [4.78, 5) is 2.41. The molecule has 4 rings (SSSR count). The molecule has 1 atom stereocenters. The Balaban J connectivity index is 1.60. The molecule has 0 radical (unpaired) electrons. The standard InChI is InChI=1S/C18H22N2O/c1-3-7-14(8-4-1)15-9-10-17-16(13-15)18(21-19-17)20-11-5-2-6-12-20/h1,3-4,7-8,15H,2,5-6,9-13H2. The molecule has 0 bridgehead atoms. The van der Waals surface area contributed by atoms with Crippen LogP contribution in [0.25, 0.3) is 0 Å². The monoisotopic (exact) mass is 282 g/mol. The molecule has 110 valence electrons. The number of hydrogen-bond donors (Lipinski definition) is 0. The van der Waals surface area contributed by atoms with Gasteiger partial charge in [-0.2, -0.15) is 0 Å². The van der Waals surface area contributed by atoms with E-state index in [0.29, 0.717) is 5.92 Å². The predicted octanol–water partition coefficient (Wildman–Crippen LogP) is 3.94. The first kappa shape index (κ1) is 12.9. The first-order valence-corrected chi connectivity index (χ1v) is 8.19. The summed E-state index contributed by atoms with van der Waals surface area (Å²) in [5, 5.41) is 4.34. The lowest BCUT2D eigenvalue weighted by atomic mass is 9.82. The van der Waals surface area contributed by atoms with Gasteiger partial charge in [0.25, 0.3) is 0 Å². The summed E-state index contributed by atoms with van der Waals surface area (Å²) in [6, 6.07) is 10.9. The summed E-state index contributed by atoms with van der Waals surface area (Å²) in [5.74, 6) is 1.67. The van der Waals surface area contributed by atoms with Crippen LogP contribution in [0.1, 0.15) is 48.4 Å². The van der Waals surface area contributed by atoms with Gasteiger partial charge in [-0.3, -0.25) is 0 Å². The van der Waals surface area contributed by atoms with E-state index in [1.807, 2.05) is 0 Å². The first-order valence-electron chi connectivity index (χ1n) is 8.19. The molecule has 0 N–H and O–H groups in total. The zero-order valence-corrected chi connectivity index (χ0v) is 12.4. The quantitative estimate of drug-likeness (QED) is 0.835. The number of aryl methyl sites for hydroxylation is 1. The van der Waals surface area contributed by atoms with Crippen LogP contribution in [0.2, 0.25) is 0 Å². The first-order chi connectivity index (χ1) is 10.4. The van der Waals surface area contributed by atoms with E-state index in [1.54, 1.807) is 0 Å². The Kier molecular flexibility index (Phi) is 3.42. The van der Waals surface area contributed by atoms with E-state index in [4.69, 9.17) is 4.52 Å². The average molecular weight is 282 g/mol. The smallest absolute Gasteiger partial charge is 0.230 e. The molecule has 2 aromatic rings. The van der Waals surface area contributed by atoms with Gasteiger partial charge < -0.3 is 9.42 Å². The lowest BCUT2D eigenvalue weighted by molar-refractivity contribution is 0.398.